The van der Waals surface area contributed by atoms with E-state index in [2.05, 4.69) is 25.1 Å². The molecule has 3 heteroatoms. The molecule has 25 heavy (non-hydrogen) atoms. The van der Waals surface area contributed by atoms with E-state index in [1.807, 2.05) is 18.2 Å². The number of hydrogen-bond acceptors (Lipinski definition) is 2. The summed E-state index contributed by atoms with van der Waals surface area (Å²) in [5.74, 6) is 0.845. The molecule has 1 aliphatic carbocycles. The summed E-state index contributed by atoms with van der Waals surface area (Å²) >= 11 is 0. The molecular formula is C22H21FN2. The fourth-order valence-electron chi connectivity index (χ4n) is 3.78. The lowest BCUT2D eigenvalue weighted by Gasteiger charge is -2.30. The average Bonchev–Trinajstić information content (AvgIpc) is 2.67. The Morgan fingerprint density at radius 3 is 2.16 bits per heavy atom. The van der Waals surface area contributed by atoms with E-state index in [-0.39, 0.29) is 11.5 Å². The molecule has 0 heterocycles. The maximum Gasteiger partial charge on any atom is 0.141 e. The molecule has 1 saturated carbocycles. The van der Waals surface area contributed by atoms with Gasteiger partial charge in [-0.15, -0.1) is 0 Å². The zero-order chi connectivity index (χ0) is 17.8. The standard InChI is InChI=1S/C22H21FN2/c1-15(17-4-2-16(13-24)3-5-17)18-6-8-19(9-7-18)20-10-11-21(14-25)22(23)12-20/h6-12,15-17H,2-5H2,1H3. The molecule has 3 rings (SSSR count). The first-order valence-electron chi connectivity index (χ1n) is 8.82. The second-order valence-electron chi connectivity index (χ2n) is 6.96. The average molecular weight is 332 g/mol. The second kappa shape index (κ2) is 7.49. The molecule has 0 spiro atoms. The van der Waals surface area contributed by atoms with Crippen LogP contribution >= 0.6 is 0 Å². The first-order chi connectivity index (χ1) is 12.1. The van der Waals surface area contributed by atoms with E-state index >= 15 is 0 Å². The summed E-state index contributed by atoms with van der Waals surface area (Å²) in [6.07, 6.45) is 4.24. The van der Waals surface area contributed by atoms with Crippen LogP contribution in [0.2, 0.25) is 0 Å². The number of halogens is 1. The van der Waals surface area contributed by atoms with Gasteiger partial charge in [-0.05, 0) is 66.3 Å². The van der Waals surface area contributed by atoms with Crippen LogP contribution in [0.25, 0.3) is 11.1 Å². The van der Waals surface area contributed by atoms with Crippen molar-refractivity contribution in [2.24, 2.45) is 11.8 Å². The highest BCUT2D eigenvalue weighted by Gasteiger charge is 2.25. The highest BCUT2D eigenvalue weighted by Crippen LogP contribution is 2.38. The molecule has 0 bridgehead atoms. The van der Waals surface area contributed by atoms with Crippen LogP contribution in [0.5, 0.6) is 0 Å². The van der Waals surface area contributed by atoms with Gasteiger partial charge in [-0.2, -0.15) is 10.5 Å². The summed E-state index contributed by atoms with van der Waals surface area (Å²) in [5.41, 5.74) is 3.10. The van der Waals surface area contributed by atoms with Gasteiger partial charge in [0.1, 0.15) is 11.9 Å². The lowest BCUT2D eigenvalue weighted by molar-refractivity contribution is 0.281. The lowest BCUT2D eigenvalue weighted by Crippen LogP contribution is -2.18. The molecule has 0 radical (unpaired) electrons. The van der Waals surface area contributed by atoms with Crippen molar-refractivity contribution in [2.45, 2.75) is 38.5 Å². The Morgan fingerprint density at radius 1 is 0.960 bits per heavy atom. The molecule has 1 fully saturated rings. The summed E-state index contributed by atoms with van der Waals surface area (Å²) in [7, 11) is 0. The molecule has 0 saturated heterocycles. The molecule has 2 nitrogen and oxygen atoms in total. The van der Waals surface area contributed by atoms with Crippen molar-refractivity contribution in [3.8, 4) is 23.3 Å². The van der Waals surface area contributed by atoms with Crippen LogP contribution in [-0.4, -0.2) is 0 Å². The Bertz CT molecular complexity index is 819. The van der Waals surface area contributed by atoms with Gasteiger partial charge in [0.25, 0.3) is 0 Å². The largest absolute Gasteiger partial charge is 0.206 e. The molecule has 0 amide bonds. The third kappa shape index (κ3) is 3.72. The van der Waals surface area contributed by atoms with E-state index in [1.54, 1.807) is 6.07 Å². The number of nitrogens with zero attached hydrogens (tertiary/aromatic N) is 2. The van der Waals surface area contributed by atoms with E-state index in [0.717, 1.165) is 36.8 Å². The highest BCUT2D eigenvalue weighted by molar-refractivity contribution is 5.64. The topological polar surface area (TPSA) is 47.6 Å². The lowest BCUT2D eigenvalue weighted by atomic mass is 9.74. The van der Waals surface area contributed by atoms with Crippen molar-refractivity contribution >= 4 is 0 Å². The minimum Gasteiger partial charge on any atom is -0.206 e. The van der Waals surface area contributed by atoms with Gasteiger partial charge in [-0.3, -0.25) is 0 Å². The molecule has 1 aliphatic rings. The monoisotopic (exact) mass is 332 g/mol. The number of benzene rings is 2. The first-order valence-corrected chi connectivity index (χ1v) is 8.82. The van der Waals surface area contributed by atoms with Crippen LogP contribution in [-0.2, 0) is 0 Å². The first kappa shape index (κ1) is 17.2. The summed E-state index contributed by atoms with van der Waals surface area (Å²) < 4.78 is 13.8. The quantitative estimate of drug-likeness (QED) is 0.713. The third-order valence-electron chi connectivity index (χ3n) is 5.52. The summed E-state index contributed by atoms with van der Waals surface area (Å²) in [4.78, 5) is 0. The van der Waals surface area contributed by atoms with E-state index in [1.165, 1.54) is 17.7 Å². The Kier molecular flexibility index (Phi) is 5.15. The molecule has 1 unspecified atom stereocenters. The second-order valence-corrected chi connectivity index (χ2v) is 6.96. The minimum absolute atomic E-state index is 0.0713. The smallest absolute Gasteiger partial charge is 0.141 e. The van der Waals surface area contributed by atoms with Crippen molar-refractivity contribution in [3.63, 3.8) is 0 Å². The Balaban J connectivity index is 1.73. The van der Waals surface area contributed by atoms with Gasteiger partial charge in [0.05, 0.1) is 11.6 Å². The zero-order valence-corrected chi connectivity index (χ0v) is 14.4. The maximum absolute atomic E-state index is 13.8. The van der Waals surface area contributed by atoms with E-state index in [0.29, 0.717) is 11.8 Å². The van der Waals surface area contributed by atoms with E-state index < -0.39 is 5.82 Å². The molecule has 0 aliphatic heterocycles. The van der Waals surface area contributed by atoms with Crippen LogP contribution in [0, 0.1) is 40.3 Å². The fourth-order valence-corrected chi connectivity index (χ4v) is 3.78. The van der Waals surface area contributed by atoms with Crippen LogP contribution < -0.4 is 0 Å². The number of hydrogen-bond donors (Lipinski definition) is 0. The van der Waals surface area contributed by atoms with Crippen molar-refractivity contribution in [1.29, 1.82) is 10.5 Å². The van der Waals surface area contributed by atoms with Gasteiger partial charge < -0.3 is 0 Å². The molecule has 2 aromatic carbocycles. The van der Waals surface area contributed by atoms with Gasteiger partial charge in [0.2, 0.25) is 0 Å². The minimum atomic E-state index is -0.480. The van der Waals surface area contributed by atoms with Crippen LogP contribution in [0.15, 0.2) is 42.5 Å². The Labute approximate surface area is 148 Å². The highest BCUT2D eigenvalue weighted by atomic mass is 19.1. The maximum atomic E-state index is 13.8. The summed E-state index contributed by atoms with van der Waals surface area (Å²) in [5, 5.41) is 17.9. The van der Waals surface area contributed by atoms with Crippen molar-refractivity contribution in [1.82, 2.24) is 0 Å². The van der Waals surface area contributed by atoms with Gasteiger partial charge in [0, 0.05) is 5.92 Å². The van der Waals surface area contributed by atoms with Gasteiger partial charge in [-0.25, -0.2) is 4.39 Å². The number of nitriles is 2. The van der Waals surface area contributed by atoms with Gasteiger partial charge in [-0.1, -0.05) is 37.3 Å². The Morgan fingerprint density at radius 2 is 1.60 bits per heavy atom. The molecule has 126 valence electrons. The van der Waals surface area contributed by atoms with Gasteiger partial charge >= 0.3 is 0 Å². The molecule has 0 N–H and O–H groups in total. The normalized spacial score (nSPS) is 21.1. The molecule has 2 aromatic rings. The Hall–Kier alpha value is -2.65. The van der Waals surface area contributed by atoms with Crippen LogP contribution in [0.4, 0.5) is 4.39 Å². The van der Waals surface area contributed by atoms with Crippen molar-refractivity contribution in [2.75, 3.05) is 0 Å². The third-order valence-corrected chi connectivity index (χ3v) is 5.52. The van der Waals surface area contributed by atoms with Crippen molar-refractivity contribution < 1.29 is 4.39 Å². The van der Waals surface area contributed by atoms with Crippen LogP contribution in [0.3, 0.4) is 0 Å². The molecule has 0 aromatic heterocycles. The molecular weight excluding hydrogens is 311 g/mol. The SMILES string of the molecule is CC(c1ccc(-c2ccc(C#N)c(F)c2)cc1)C1CCC(C#N)CC1. The molecule has 1 atom stereocenters. The summed E-state index contributed by atoms with van der Waals surface area (Å²) in [6.45, 7) is 2.26. The predicted octanol–water partition coefficient (Wildman–Crippen LogP) is 5.80. The van der Waals surface area contributed by atoms with Crippen molar-refractivity contribution in [3.05, 3.63) is 59.4 Å². The zero-order valence-electron chi connectivity index (χ0n) is 14.4. The summed E-state index contributed by atoms with van der Waals surface area (Å²) in [6, 6.07) is 17.2. The van der Waals surface area contributed by atoms with E-state index in [4.69, 9.17) is 10.5 Å². The van der Waals surface area contributed by atoms with Crippen LogP contribution in [0.1, 0.15) is 49.7 Å². The fraction of sp³-hybridized carbons (Fsp3) is 0.364. The van der Waals surface area contributed by atoms with E-state index in [9.17, 15) is 4.39 Å². The number of rotatable bonds is 3. The van der Waals surface area contributed by atoms with Gasteiger partial charge in [0.15, 0.2) is 0 Å². The predicted molar refractivity (Wildman–Crippen MR) is 96.0 cm³/mol.